The van der Waals surface area contributed by atoms with Gasteiger partial charge in [0.2, 0.25) is 0 Å². The summed E-state index contributed by atoms with van der Waals surface area (Å²) in [6.07, 6.45) is 0. The molecule has 1 heterocycles. The van der Waals surface area contributed by atoms with Crippen LogP contribution in [0.4, 0.5) is 0 Å². The van der Waals surface area contributed by atoms with Gasteiger partial charge in [-0.05, 0) is 11.6 Å². The number of carbonyl (C=O) groups is 1. The third kappa shape index (κ3) is 3.51. The molecule has 0 unspecified atom stereocenters. The van der Waals surface area contributed by atoms with Gasteiger partial charge in [-0.15, -0.1) is 0 Å². The van der Waals surface area contributed by atoms with Crippen molar-refractivity contribution in [1.82, 2.24) is 0 Å². The Hall–Kier alpha value is -2.41. The molecule has 6 nitrogen and oxygen atoms in total. The summed E-state index contributed by atoms with van der Waals surface area (Å²) in [4.78, 5) is 12.3. The minimum Gasteiger partial charge on any atom is -0.467 e. The molecule has 0 radical (unpaired) electrons. The number of cyclic esters (lactones) is 1. The molecule has 0 saturated carbocycles. The van der Waals surface area contributed by atoms with E-state index in [1.54, 1.807) is 18.2 Å². The van der Waals surface area contributed by atoms with Crippen LogP contribution in [0.5, 0.6) is 5.75 Å². The lowest BCUT2D eigenvalue weighted by Crippen LogP contribution is -2.36. The SMILES string of the molecule is COCOc1cccc2c1C(=O)O[C@@]2(CO)COCc1ccccc1. The Kier molecular flexibility index (Phi) is 5.33. The minimum absolute atomic E-state index is 0.0143. The second kappa shape index (κ2) is 7.65. The van der Waals surface area contributed by atoms with Gasteiger partial charge in [0.15, 0.2) is 12.4 Å². The monoisotopic (exact) mass is 344 g/mol. The molecule has 0 aromatic heterocycles. The fraction of sp³-hybridized carbons (Fsp3) is 0.316. The summed E-state index contributed by atoms with van der Waals surface area (Å²) in [5.74, 6) is -0.179. The minimum atomic E-state index is -1.23. The van der Waals surface area contributed by atoms with Gasteiger partial charge in [-0.2, -0.15) is 0 Å². The number of methoxy groups -OCH3 is 1. The van der Waals surface area contributed by atoms with Crippen LogP contribution in [0.25, 0.3) is 0 Å². The van der Waals surface area contributed by atoms with Crippen LogP contribution < -0.4 is 4.74 Å². The third-order valence-corrected chi connectivity index (χ3v) is 4.04. The van der Waals surface area contributed by atoms with E-state index in [1.807, 2.05) is 30.3 Å². The topological polar surface area (TPSA) is 74.2 Å². The molecule has 1 atom stereocenters. The molecule has 0 fully saturated rings. The highest BCUT2D eigenvalue weighted by atomic mass is 16.7. The van der Waals surface area contributed by atoms with Gasteiger partial charge in [-0.25, -0.2) is 4.79 Å². The van der Waals surface area contributed by atoms with Gasteiger partial charge < -0.3 is 24.1 Å². The summed E-state index contributed by atoms with van der Waals surface area (Å²) in [6.45, 7) is 0.0365. The van der Waals surface area contributed by atoms with Gasteiger partial charge in [0, 0.05) is 12.7 Å². The quantitative estimate of drug-likeness (QED) is 0.585. The van der Waals surface area contributed by atoms with Crippen molar-refractivity contribution in [2.24, 2.45) is 0 Å². The second-order valence-corrected chi connectivity index (χ2v) is 5.75. The molecule has 0 amide bonds. The number of fused-ring (bicyclic) bond motifs is 1. The van der Waals surface area contributed by atoms with Gasteiger partial charge in [0.1, 0.15) is 11.3 Å². The molecule has 2 aromatic carbocycles. The number of hydrogen-bond donors (Lipinski definition) is 1. The number of ether oxygens (including phenoxy) is 4. The van der Waals surface area contributed by atoms with Crippen molar-refractivity contribution >= 4 is 5.97 Å². The molecular weight excluding hydrogens is 324 g/mol. The first-order valence-electron chi connectivity index (χ1n) is 7.91. The van der Waals surface area contributed by atoms with Crippen LogP contribution in [-0.4, -0.2) is 38.2 Å². The maximum Gasteiger partial charge on any atom is 0.343 e. The maximum absolute atomic E-state index is 12.3. The van der Waals surface area contributed by atoms with E-state index in [1.165, 1.54) is 7.11 Å². The first-order chi connectivity index (χ1) is 12.2. The molecule has 6 heteroatoms. The average Bonchev–Trinajstić information content (AvgIpc) is 2.94. The van der Waals surface area contributed by atoms with Crippen molar-refractivity contribution < 1.29 is 28.8 Å². The van der Waals surface area contributed by atoms with E-state index in [0.29, 0.717) is 23.5 Å². The lowest BCUT2D eigenvalue weighted by atomic mass is 9.93. The fourth-order valence-corrected chi connectivity index (χ4v) is 2.83. The Morgan fingerprint density at radius 1 is 1.12 bits per heavy atom. The fourth-order valence-electron chi connectivity index (χ4n) is 2.83. The van der Waals surface area contributed by atoms with Crippen LogP contribution in [0.15, 0.2) is 48.5 Å². The molecule has 1 aliphatic rings. The summed E-state index contributed by atoms with van der Waals surface area (Å²) in [6, 6.07) is 14.8. The van der Waals surface area contributed by atoms with Crippen molar-refractivity contribution in [3.8, 4) is 5.75 Å². The van der Waals surface area contributed by atoms with E-state index >= 15 is 0 Å². The van der Waals surface area contributed by atoms with Crippen LogP contribution in [0.2, 0.25) is 0 Å². The largest absolute Gasteiger partial charge is 0.467 e. The summed E-state index contributed by atoms with van der Waals surface area (Å²) in [5.41, 5.74) is 0.629. The summed E-state index contributed by atoms with van der Waals surface area (Å²) >= 11 is 0. The number of aliphatic hydroxyl groups excluding tert-OH is 1. The zero-order valence-corrected chi connectivity index (χ0v) is 13.9. The standard InChI is InChI=1S/C19H20O6/c1-22-13-24-16-9-5-8-15-17(16)18(21)25-19(15,11-20)12-23-10-14-6-3-2-4-7-14/h2-9,20H,10-13H2,1H3/t19-/m0/s1. The highest BCUT2D eigenvalue weighted by molar-refractivity contribution is 5.97. The smallest absolute Gasteiger partial charge is 0.343 e. The van der Waals surface area contributed by atoms with E-state index in [0.717, 1.165) is 5.56 Å². The van der Waals surface area contributed by atoms with E-state index < -0.39 is 11.6 Å². The van der Waals surface area contributed by atoms with Crippen molar-refractivity contribution in [3.63, 3.8) is 0 Å². The Morgan fingerprint density at radius 3 is 2.64 bits per heavy atom. The first kappa shape index (κ1) is 17.4. The summed E-state index contributed by atoms with van der Waals surface area (Å²) in [5, 5.41) is 9.92. The molecule has 0 aliphatic carbocycles. The molecule has 1 aliphatic heterocycles. The van der Waals surface area contributed by atoms with Gasteiger partial charge in [-0.1, -0.05) is 42.5 Å². The maximum atomic E-state index is 12.3. The van der Waals surface area contributed by atoms with Crippen LogP contribution in [0.1, 0.15) is 21.5 Å². The van der Waals surface area contributed by atoms with Gasteiger partial charge in [0.05, 0.1) is 19.8 Å². The zero-order chi connectivity index (χ0) is 17.7. The normalized spacial score (nSPS) is 18.7. The van der Waals surface area contributed by atoms with E-state index in [-0.39, 0.29) is 20.0 Å². The molecule has 2 aromatic rings. The van der Waals surface area contributed by atoms with Crippen LogP contribution >= 0.6 is 0 Å². The summed E-state index contributed by atoms with van der Waals surface area (Å²) < 4.78 is 21.5. The number of benzene rings is 2. The Labute approximate surface area is 145 Å². The van der Waals surface area contributed by atoms with Gasteiger partial charge >= 0.3 is 5.97 Å². The van der Waals surface area contributed by atoms with E-state index in [4.69, 9.17) is 18.9 Å². The van der Waals surface area contributed by atoms with Crippen molar-refractivity contribution in [1.29, 1.82) is 0 Å². The zero-order valence-electron chi connectivity index (χ0n) is 13.9. The Morgan fingerprint density at radius 2 is 1.92 bits per heavy atom. The number of hydrogen-bond acceptors (Lipinski definition) is 6. The van der Waals surface area contributed by atoms with Crippen molar-refractivity contribution in [2.75, 3.05) is 27.1 Å². The highest BCUT2D eigenvalue weighted by Gasteiger charge is 2.47. The van der Waals surface area contributed by atoms with E-state index in [9.17, 15) is 9.90 Å². The predicted octanol–water partition coefficient (Wildman–Crippen LogP) is 2.24. The summed E-state index contributed by atoms with van der Waals surface area (Å²) in [7, 11) is 1.50. The van der Waals surface area contributed by atoms with E-state index in [2.05, 4.69) is 0 Å². The molecule has 0 saturated heterocycles. The predicted molar refractivity (Wildman–Crippen MR) is 89.2 cm³/mol. The van der Waals surface area contributed by atoms with Crippen LogP contribution in [-0.2, 0) is 26.4 Å². The average molecular weight is 344 g/mol. The molecule has 0 bridgehead atoms. The first-order valence-corrected chi connectivity index (χ1v) is 7.91. The number of aliphatic hydroxyl groups is 1. The molecule has 132 valence electrons. The Bertz CT molecular complexity index is 730. The number of rotatable bonds is 8. The van der Waals surface area contributed by atoms with Crippen molar-refractivity contribution in [3.05, 3.63) is 65.2 Å². The molecule has 3 rings (SSSR count). The molecular formula is C19H20O6. The molecule has 0 spiro atoms. The lowest BCUT2D eigenvalue weighted by molar-refractivity contribution is -0.0899. The third-order valence-electron chi connectivity index (χ3n) is 4.04. The Balaban J connectivity index is 1.80. The van der Waals surface area contributed by atoms with Gasteiger partial charge in [0.25, 0.3) is 0 Å². The van der Waals surface area contributed by atoms with Crippen LogP contribution in [0, 0.1) is 0 Å². The van der Waals surface area contributed by atoms with Crippen molar-refractivity contribution in [2.45, 2.75) is 12.2 Å². The number of carbonyl (C=O) groups excluding carboxylic acids is 1. The number of esters is 1. The molecule has 25 heavy (non-hydrogen) atoms. The second-order valence-electron chi connectivity index (χ2n) is 5.75. The van der Waals surface area contributed by atoms with Gasteiger partial charge in [-0.3, -0.25) is 0 Å². The van der Waals surface area contributed by atoms with Crippen LogP contribution in [0.3, 0.4) is 0 Å². The molecule has 1 N–H and O–H groups in total. The lowest BCUT2D eigenvalue weighted by Gasteiger charge is -2.26. The highest BCUT2D eigenvalue weighted by Crippen LogP contribution is 2.41.